The number of thiophene rings is 1. The maximum absolute atomic E-state index is 11.8. The van der Waals surface area contributed by atoms with Gasteiger partial charge in [0.2, 0.25) is 5.91 Å². The zero-order chi connectivity index (χ0) is 15.0. The van der Waals surface area contributed by atoms with Crippen molar-refractivity contribution in [1.82, 2.24) is 10.2 Å². The summed E-state index contributed by atoms with van der Waals surface area (Å²) in [6, 6.07) is 4.14. The first kappa shape index (κ1) is 16.7. The van der Waals surface area contributed by atoms with Gasteiger partial charge in [0, 0.05) is 17.5 Å². The summed E-state index contributed by atoms with van der Waals surface area (Å²) in [5.41, 5.74) is 0. The second-order valence-electron chi connectivity index (χ2n) is 4.75. The fourth-order valence-corrected chi connectivity index (χ4v) is 2.65. The average Bonchev–Trinajstić information content (AvgIpc) is 2.82. The minimum absolute atomic E-state index is 0.0544. The van der Waals surface area contributed by atoms with Crippen molar-refractivity contribution >= 4 is 17.2 Å². The number of carbonyl (C=O) groups is 1. The van der Waals surface area contributed by atoms with Gasteiger partial charge in [-0.2, -0.15) is 0 Å². The summed E-state index contributed by atoms with van der Waals surface area (Å²) < 4.78 is 0. The molecule has 0 saturated heterocycles. The molecule has 0 fully saturated rings. The first-order valence-electron chi connectivity index (χ1n) is 6.75. The molecule has 4 nitrogen and oxygen atoms in total. The number of aliphatic hydroxyl groups excluding tert-OH is 1. The minimum Gasteiger partial charge on any atom is -0.384 e. The van der Waals surface area contributed by atoms with E-state index in [0.717, 1.165) is 18.0 Å². The van der Waals surface area contributed by atoms with Gasteiger partial charge in [-0.1, -0.05) is 18.8 Å². The van der Waals surface area contributed by atoms with Crippen LogP contribution in [0.1, 0.15) is 30.5 Å². The van der Waals surface area contributed by atoms with Crippen LogP contribution in [0.3, 0.4) is 0 Å². The van der Waals surface area contributed by atoms with Gasteiger partial charge in [-0.3, -0.25) is 9.69 Å². The lowest BCUT2D eigenvalue weighted by Gasteiger charge is -2.19. The van der Waals surface area contributed by atoms with Gasteiger partial charge in [-0.15, -0.1) is 11.3 Å². The molecule has 2 N–H and O–H groups in total. The number of nitrogens with zero attached hydrogens (tertiary/aromatic N) is 1. The van der Waals surface area contributed by atoms with Crippen LogP contribution < -0.4 is 5.32 Å². The quantitative estimate of drug-likeness (QED) is 0.781. The Morgan fingerprint density at radius 2 is 2.25 bits per heavy atom. The molecule has 20 heavy (non-hydrogen) atoms. The SMILES string of the molecule is CCN(CC(=O)NC(C)C)Cc1ccc(C#CCO)s1. The molecule has 0 aromatic carbocycles. The third-order valence-corrected chi connectivity index (χ3v) is 3.58. The molecule has 1 aromatic heterocycles. The van der Waals surface area contributed by atoms with Crippen LogP contribution in [-0.4, -0.2) is 41.7 Å². The molecule has 0 aliphatic heterocycles. The van der Waals surface area contributed by atoms with Crippen molar-refractivity contribution in [3.8, 4) is 11.8 Å². The van der Waals surface area contributed by atoms with E-state index < -0.39 is 0 Å². The Morgan fingerprint density at radius 1 is 1.50 bits per heavy atom. The van der Waals surface area contributed by atoms with Crippen LogP contribution in [0.25, 0.3) is 0 Å². The van der Waals surface area contributed by atoms with Gasteiger partial charge in [-0.05, 0) is 32.5 Å². The smallest absolute Gasteiger partial charge is 0.234 e. The third-order valence-electron chi connectivity index (χ3n) is 2.60. The molecule has 0 radical (unpaired) electrons. The zero-order valence-electron chi connectivity index (χ0n) is 12.3. The van der Waals surface area contributed by atoms with E-state index in [1.54, 1.807) is 11.3 Å². The van der Waals surface area contributed by atoms with Gasteiger partial charge < -0.3 is 10.4 Å². The van der Waals surface area contributed by atoms with E-state index >= 15 is 0 Å². The highest BCUT2D eigenvalue weighted by Crippen LogP contribution is 2.17. The number of rotatable bonds is 6. The predicted molar refractivity (Wildman–Crippen MR) is 82.5 cm³/mol. The van der Waals surface area contributed by atoms with Crippen LogP contribution in [0.4, 0.5) is 0 Å². The van der Waals surface area contributed by atoms with Crippen molar-refractivity contribution in [3.63, 3.8) is 0 Å². The largest absolute Gasteiger partial charge is 0.384 e. The fourth-order valence-electron chi connectivity index (χ4n) is 1.73. The normalized spacial score (nSPS) is 10.5. The molecular formula is C15H22N2O2S. The van der Waals surface area contributed by atoms with E-state index in [1.165, 1.54) is 4.88 Å². The Hall–Kier alpha value is -1.35. The topological polar surface area (TPSA) is 52.6 Å². The fraction of sp³-hybridized carbons (Fsp3) is 0.533. The number of amides is 1. The van der Waals surface area contributed by atoms with Gasteiger partial charge in [0.15, 0.2) is 0 Å². The van der Waals surface area contributed by atoms with E-state index in [0.29, 0.717) is 6.54 Å². The average molecular weight is 294 g/mol. The number of carbonyl (C=O) groups excluding carboxylic acids is 1. The monoisotopic (exact) mass is 294 g/mol. The number of hydrogen-bond donors (Lipinski definition) is 2. The molecule has 0 aliphatic carbocycles. The lowest BCUT2D eigenvalue weighted by Crippen LogP contribution is -2.39. The Kier molecular flexibility index (Phi) is 7.31. The molecule has 1 heterocycles. The van der Waals surface area contributed by atoms with Crippen molar-refractivity contribution in [2.45, 2.75) is 33.4 Å². The van der Waals surface area contributed by atoms with E-state index in [-0.39, 0.29) is 18.6 Å². The molecule has 110 valence electrons. The van der Waals surface area contributed by atoms with Crippen molar-refractivity contribution in [1.29, 1.82) is 0 Å². The van der Waals surface area contributed by atoms with Crippen LogP contribution >= 0.6 is 11.3 Å². The van der Waals surface area contributed by atoms with Crippen LogP contribution in [-0.2, 0) is 11.3 Å². The molecule has 0 unspecified atom stereocenters. The summed E-state index contributed by atoms with van der Waals surface area (Å²) in [5.74, 6) is 5.59. The minimum atomic E-state index is -0.121. The van der Waals surface area contributed by atoms with Gasteiger partial charge in [0.1, 0.15) is 6.61 Å². The standard InChI is InChI=1S/C15H22N2O2S/c1-4-17(11-15(19)16-12(2)3)10-14-8-7-13(20-14)6-5-9-18/h7-8,12,18H,4,9-11H2,1-3H3,(H,16,19). The number of aliphatic hydroxyl groups is 1. The molecule has 0 bridgehead atoms. The third kappa shape index (κ3) is 6.20. The van der Waals surface area contributed by atoms with Crippen molar-refractivity contribution in [2.24, 2.45) is 0 Å². The van der Waals surface area contributed by atoms with Crippen molar-refractivity contribution in [3.05, 3.63) is 21.9 Å². The molecule has 5 heteroatoms. The molecule has 1 rings (SSSR count). The highest BCUT2D eigenvalue weighted by Gasteiger charge is 2.11. The van der Waals surface area contributed by atoms with E-state index in [4.69, 9.17) is 5.11 Å². The van der Waals surface area contributed by atoms with Gasteiger partial charge >= 0.3 is 0 Å². The van der Waals surface area contributed by atoms with Crippen molar-refractivity contribution < 1.29 is 9.90 Å². The lowest BCUT2D eigenvalue weighted by molar-refractivity contribution is -0.122. The van der Waals surface area contributed by atoms with Crippen LogP contribution in [0.5, 0.6) is 0 Å². The second-order valence-corrected chi connectivity index (χ2v) is 5.92. The highest BCUT2D eigenvalue weighted by atomic mass is 32.1. The maximum Gasteiger partial charge on any atom is 0.234 e. The summed E-state index contributed by atoms with van der Waals surface area (Å²) in [6.45, 7) is 7.81. The predicted octanol–water partition coefficient (Wildman–Crippen LogP) is 1.44. The molecular weight excluding hydrogens is 272 g/mol. The summed E-state index contributed by atoms with van der Waals surface area (Å²) in [7, 11) is 0. The summed E-state index contributed by atoms with van der Waals surface area (Å²) in [4.78, 5) is 16.0. The molecule has 0 atom stereocenters. The molecule has 0 aliphatic rings. The Morgan fingerprint density at radius 3 is 2.85 bits per heavy atom. The Bertz CT molecular complexity index is 486. The van der Waals surface area contributed by atoms with E-state index in [1.807, 2.05) is 32.9 Å². The Labute approximate surface area is 124 Å². The highest BCUT2D eigenvalue weighted by molar-refractivity contribution is 7.12. The molecule has 1 amide bonds. The van der Waals surface area contributed by atoms with Crippen LogP contribution in [0, 0.1) is 11.8 Å². The molecule has 0 saturated carbocycles. The second kappa shape index (κ2) is 8.75. The molecule has 1 aromatic rings. The maximum atomic E-state index is 11.8. The Balaban J connectivity index is 2.55. The number of nitrogens with one attached hydrogen (secondary N) is 1. The first-order valence-corrected chi connectivity index (χ1v) is 7.57. The molecule has 0 spiro atoms. The first-order chi connectivity index (χ1) is 9.55. The summed E-state index contributed by atoms with van der Waals surface area (Å²) in [6.07, 6.45) is 0. The van der Waals surface area contributed by atoms with Gasteiger partial charge in [-0.25, -0.2) is 0 Å². The van der Waals surface area contributed by atoms with Gasteiger partial charge in [0.05, 0.1) is 11.4 Å². The lowest BCUT2D eigenvalue weighted by atomic mass is 10.3. The summed E-state index contributed by atoms with van der Waals surface area (Å²) >= 11 is 1.60. The van der Waals surface area contributed by atoms with E-state index in [2.05, 4.69) is 22.1 Å². The number of hydrogen-bond acceptors (Lipinski definition) is 4. The number of likely N-dealkylation sites (N-methyl/N-ethyl adjacent to an activating group) is 1. The van der Waals surface area contributed by atoms with Crippen LogP contribution in [0.2, 0.25) is 0 Å². The zero-order valence-corrected chi connectivity index (χ0v) is 13.1. The van der Waals surface area contributed by atoms with Crippen molar-refractivity contribution in [2.75, 3.05) is 19.7 Å². The van der Waals surface area contributed by atoms with Crippen LogP contribution in [0.15, 0.2) is 12.1 Å². The van der Waals surface area contributed by atoms with E-state index in [9.17, 15) is 4.79 Å². The summed E-state index contributed by atoms with van der Waals surface area (Å²) in [5, 5.41) is 11.6. The van der Waals surface area contributed by atoms with Gasteiger partial charge in [0.25, 0.3) is 0 Å².